The van der Waals surface area contributed by atoms with E-state index in [0.717, 1.165) is 24.3 Å². The number of fused-ring (bicyclic) bond motifs is 1. The lowest BCUT2D eigenvalue weighted by Gasteiger charge is -2.15. The number of nitrogens with zero attached hydrogens (tertiary/aromatic N) is 1. The first-order chi connectivity index (χ1) is 12.0. The molecule has 3 rings (SSSR count). The van der Waals surface area contributed by atoms with Crippen LogP contribution >= 0.6 is 0 Å². The lowest BCUT2D eigenvalue weighted by Crippen LogP contribution is -2.34. The highest BCUT2D eigenvalue weighted by Gasteiger charge is 2.19. The van der Waals surface area contributed by atoms with Gasteiger partial charge in [-0.2, -0.15) is 0 Å². The molecule has 0 saturated carbocycles. The second-order valence-corrected chi connectivity index (χ2v) is 6.33. The van der Waals surface area contributed by atoms with Crippen molar-refractivity contribution in [2.75, 3.05) is 6.61 Å². The zero-order valence-corrected chi connectivity index (χ0v) is 14.2. The predicted molar refractivity (Wildman–Crippen MR) is 94.1 cm³/mol. The van der Waals surface area contributed by atoms with Gasteiger partial charge in [0.05, 0.1) is 11.5 Å². The van der Waals surface area contributed by atoms with Crippen LogP contribution in [0, 0.1) is 17.0 Å². The first-order valence-corrected chi connectivity index (χ1v) is 8.25. The molecule has 1 aliphatic rings. The average Bonchev–Trinajstić information content (AvgIpc) is 3.02. The zero-order valence-electron chi connectivity index (χ0n) is 14.2. The minimum atomic E-state index is -0.470. The van der Waals surface area contributed by atoms with Crippen molar-refractivity contribution in [1.82, 2.24) is 5.32 Å². The van der Waals surface area contributed by atoms with E-state index in [1.165, 1.54) is 17.7 Å². The second-order valence-electron chi connectivity index (χ2n) is 6.33. The number of nitro groups is 1. The van der Waals surface area contributed by atoms with Crippen molar-refractivity contribution < 1.29 is 14.5 Å². The Hall–Kier alpha value is -2.89. The van der Waals surface area contributed by atoms with E-state index in [4.69, 9.17) is 4.74 Å². The molecule has 6 nitrogen and oxygen atoms in total. The largest absolute Gasteiger partial charge is 0.493 e. The fourth-order valence-electron chi connectivity index (χ4n) is 3.14. The third-order valence-corrected chi connectivity index (χ3v) is 4.42. The number of amides is 1. The highest BCUT2D eigenvalue weighted by molar-refractivity contribution is 5.96. The molecule has 25 heavy (non-hydrogen) atoms. The average molecular weight is 340 g/mol. The summed E-state index contributed by atoms with van der Waals surface area (Å²) in [6.07, 6.45) is 1.60. The molecular weight excluding hydrogens is 320 g/mol. The molecule has 0 radical (unpaired) electrons. The highest BCUT2D eigenvalue weighted by atomic mass is 16.6. The summed E-state index contributed by atoms with van der Waals surface area (Å²) < 4.78 is 5.50. The van der Waals surface area contributed by atoms with E-state index in [1.807, 2.05) is 19.1 Å². The van der Waals surface area contributed by atoms with Crippen molar-refractivity contribution in [3.63, 3.8) is 0 Å². The highest BCUT2D eigenvalue weighted by Crippen LogP contribution is 2.26. The smallest absolute Gasteiger partial charge is 0.273 e. The number of nitro benzene ring substituents is 1. The summed E-state index contributed by atoms with van der Waals surface area (Å²) in [6.45, 7) is 4.24. The molecule has 0 spiro atoms. The molecule has 0 bridgehead atoms. The fourth-order valence-corrected chi connectivity index (χ4v) is 3.14. The minimum Gasteiger partial charge on any atom is -0.493 e. The molecule has 1 aliphatic heterocycles. The van der Waals surface area contributed by atoms with E-state index in [1.54, 1.807) is 13.0 Å². The van der Waals surface area contributed by atoms with Gasteiger partial charge in [-0.05, 0) is 43.5 Å². The van der Waals surface area contributed by atoms with Crippen molar-refractivity contribution in [2.24, 2.45) is 0 Å². The van der Waals surface area contributed by atoms with Crippen LogP contribution in [-0.2, 0) is 12.8 Å². The summed E-state index contributed by atoms with van der Waals surface area (Å²) in [5.41, 5.74) is 3.01. The van der Waals surface area contributed by atoms with Gasteiger partial charge in [-0.3, -0.25) is 14.9 Å². The molecule has 6 heteroatoms. The van der Waals surface area contributed by atoms with Crippen LogP contribution in [0.2, 0.25) is 0 Å². The third kappa shape index (κ3) is 3.63. The zero-order chi connectivity index (χ0) is 18.0. The summed E-state index contributed by atoms with van der Waals surface area (Å²) in [7, 11) is 0. The summed E-state index contributed by atoms with van der Waals surface area (Å²) in [4.78, 5) is 23.0. The second kappa shape index (κ2) is 6.93. The van der Waals surface area contributed by atoms with E-state index in [9.17, 15) is 14.9 Å². The maximum Gasteiger partial charge on any atom is 0.273 e. The van der Waals surface area contributed by atoms with Crippen LogP contribution in [0.3, 0.4) is 0 Å². The van der Waals surface area contributed by atoms with Crippen molar-refractivity contribution in [3.8, 4) is 5.75 Å². The Kier molecular flexibility index (Phi) is 4.70. The van der Waals surface area contributed by atoms with Crippen LogP contribution in [0.5, 0.6) is 5.75 Å². The molecule has 130 valence electrons. The van der Waals surface area contributed by atoms with Crippen molar-refractivity contribution >= 4 is 11.6 Å². The van der Waals surface area contributed by atoms with Crippen LogP contribution in [0.4, 0.5) is 5.69 Å². The maximum absolute atomic E-state index is 12.5. The van der Waals surface area contributed by atoms with E-state index in [-0.39, 0.29) is 17.6 Å². The summed E-state index contributed by atoms with van der Waals surface area (Å²) >= 11 is 0. The molecule has 1 N–H and O–H groups in total. The first-order valence-electron chi connectivity index (χ1n) is 8.25. The first kappa shape index (κ1) is 17.0. The van der Waals surface area contributed by atoms with E-state index >= 15 is 0 Å². The summed E-state index contributed by atoms with van der Waals surface area (Å²) in [5, 5.41) is 13.9. The standard InChI is InChI=1S/C19H20N2O4/c1-12(10-14-6-7-18-15(11-14)8-9-25-18)20-19(22)16-4-3-5-17(13(16)2)21(23)24/h3-7,11-12H,8-10H2,1-2H3,(H,20,22). The fraction of sp³-hybridized carbons (Fsp3) is 0.316. The molecule has 2 aromatic rings. The van der Waals surface area contributed by atoms with Gasteiger partial charge in [0.25, 0.3) is 11.6 Å². The Morgan fingerprint density at radius 3 is 2.92 bits per heavy atom. The van der Waals surface area contributed by atoms with Gasteiger partial charge in [0.15, 0.2) is 0 Å². The molecule has 0 saturated heterocycles. The molecule has 0 aliphatic carbocycles. The Labute approximate surface area is 146 Å². The molecule has 1 amide bonds. The molecule has 1 atom stereocenters. The van der Waals surface area contributed by atoms with Crippen LogP contribution in [0.15, 0.2) is 36.4 Å². The summed E-state index contributed by atoms with van der Waals surface area (Å²) in [5.74, 6) is 0.644. The van der Waals surface area contributed by atoms with Crippen LogP contribution in [0.1, 0.15) is 34.0 Å². The van der Waals surface area contributed by atoms with Gasteiger partial charge in [0.1, 0.15) is 5.75 Å². The Balaban J connectivity index is 1.69. The van der Waals surface area contributed by atoms with E-state index in [0.29, 0.717) is 17.5 Å². The Morgan fingerprint density at radius 1 is 1.36 bits per heavy atom. The predicted octanol–water partition coefficient (Wildman–Crippen LogP) is 3.20. The number of carbonyl (C=O) groups is 1. The van der Waals surface area contributed by atoms with Gasteiger partial charge >= 0.3 is 0 Å². The molecule has 0 aromatic heterocycles. The molecule has 0 fully saturated rings. The van der Waals surface area contributed by atoms with E-state index in [2.05, 4.69) is 11.4 Å². The van der Waals surface area contributed by atoms with Crippen LogP contribution in [-0.4, -0.2) is 23.5 Å². The van der Waals surface area contributed by atoms with Crippen LogP contribution < -0.4 is 10.1 Å². The molecular formula is C19H20N2O4. The minimum absolute atomic E-state index is 0.0427. The van der Waals surface area contributed by atoms with Crippen molar-refractivity contribution in [1.29, 1.82) is 0 Å². The summed E-state index contributed by atoms with van der Waals surface area (Å²) in [6, 6.07) is 10.5. The number of carbonyl (C=O) groups excluding carboxylic acids is 1. The lowest BCUT2D eigenvalue weighted by molar-refractivity contribution is -0.385. The number of hydrogen-bond acceptors (Lipinski definition) is 4. The molecule has 1 unspecified atom stereocenters. The number of benzene rings is 2. The number of nitrogens with one attached hydrogen (secondary N) is 1. The topological polar surface area (TPSA) is 81.5 Å². The van der Waals surface area contributed by atoms with Gasteiger partial charge in [-0.15, -0.1) is 0 Å². The van der Waals surface area contributed by atoms with Gasteiger partial charge in [0.2, 0.25) is 0 Å². The SMILES string of the molecule is Cc1c(C(=O)NC(C)Cc2ccc3c(c2)CCO3)cccc1[N+](=O)[O-]. The third-order valence-electron chi connectivity index (χ3n) is 4.42. The number of hydrogen-bond donors (Lipinski definition) is 1. The Morgan fingerprint density at radius 2 is 2.16 bits per heavy atom. The quantitative estimate of drug-likeness (QED) is 0.669. The normalized spacial score (nSPS) is 13.7. The monoisotopic (exact) mass is 340 g/mol. The van der Waals surface area contributed by atoms with Gasteiger partial charge in [0, 0.05) is 29.7 Å². The number of ether oxygens (including phenoxy) is 1. The van der Waals surface area contributed by atoms with Crippen molar-refractivity contribution in [3.05, 3.63) is 68.8 Å². The lowest BCUT2D eigenvalue weighted by atomic mass is 10.0. The van der Waals surface area contributed by atoms with Gasteiger partial charge < -0.3 is 10.1 Å². The Bertz CT molecular complexity index is 832. The van der Waals surface area contributed by atoms with Gasteiger partial charge in [-0.25, -0.2) is 0 Å². The van der Waals surface area contributed by atoms with Crippen LogP contribution in [0.25, 0.3) is 0 Å². The number of rotatable bonds is 5. The van der Waals surface area contributed by atoms with E-state index < -0.39 is 4.92 Å². The van der Waals surface area contributed by atoms with Gasteiger partial charge in [-0.1, -0.05) is 18.2 Å². The molecule has 2 aromatic carbocycles. The molecule has 1 heterocycles. The van der Waals surface area contributed by atoms with Crippen molar-refractivity contribution in [2.45, 2.75) is 32.7 Å². The maximum atomic E-state index is 12.5.